The molecule has 9 heteroatoms. The number of carbonyl (C=O) groups excluding carboxylic acids is 4. The number of benzene rings is 1. The Balaban J connectivity index is 2.07. The summed E-state index contributed by atoms with van der Waals surface area (Å²) in [4.78, 5) is 48.1. The molecular formula is C21H24N2O7. The average Bonchev–Trinajstić information content (AvgIpc) is 3.02. The topological polar surface area (TPSA) is 138 Å². The van der Waals surface area contributed by atoms with Gasteiger partial charge >= 0.3 is 11.9 Å². The number of carbonyl (C=O) groups is 4. The van der Waals surface area contributed by atoms with Crippen molar-refractivity contribution in [3.05, 3.63) is 52.3 Å². The number of nitrogens with one attached hydrogen (secondary N) is 1. The van der Waals surface area contributed by atoms with Crippen LogP contribution in [0, 0.1) is 6.92 Å². The van der Waals surface area contributed by atoms with Crippen LogP contribution in [0.5, 0.6) is 0 Å². The highest BCUT2D eigenvalue weighted by atomic mass is 16.5. The molecule has 2 aromatic rings. The van der Waals surface area contributed by atoms with E-state index in [2.05, 4.69) is 5.32 Å². The molecule has 0 fully saturated rings. The molecular weight excluding hydrogens is 392 g/mol. The normalized spacial score (nSPS) is 10.6. The van der Waals surface area contributed by atoms with Gasteiger partial charge in [0.15, 0.2) is 6.61 Å². The summed E-state index contributed by atoms with van der Waals surface area (Å²) in [5.74, 6) is -3.18. The standard InChI is InChI=1S/C21H24N2O7/c1-5-28-21(27)16-12(4)30-19(17(16)18(22)25)23-15(24)10-29-20(26)14-8-6-13(7-9-14)11(2)3/h6-9,11H,5,10H2,1-4H3,(H2,22,25)(H,23,24). The van der Waals surface area contributed by atoms with Crippen LogP contribution < -0.4 is 11.1 Å². The van der Waals surface area contributed by atoms with Crippen LogP contribution in [0.2, 0.25) is 0 Å². The number of furan rings is 1. The van der Waals surface area contributed by atoms with Crippen LogP contribution in [0.25, 0.3) is 0 Å². The molecule has 0 bridgehead atoms. The van der Waals surface area contributed by atoms with Crippen molar-refractivity contribution >= 4 is 29.6 Å². The first-order chi connectivity index (χ1) is 14.1. The number of nitrogens with two attached hydrogens (primary N) is 1. The van der Waals surface area contributed by atoms with Gasteiger partial charge in [0.1, 0.15) is 16.9 Å². The fourth-order valence-corrected chi connectivity index (χ4v) is 2.70. The van der Waals surface area contributed by atoms with Crippen molar-refractivity contribution < 1.29 is 33.1 Å². The first-order valence-electron chi connectivity index (χ1n) is 9.32. The quantitative estimate of drug-likeness (QED) is 0.631. The first kappa shape index (κ1) is 22.7. The number of hydrogen-bond acceptors (Lipinski definition) is 7. The number of hydrogen-bond donors (Lipinski definition) is 2. The van der Waals surface area contributed by atoms with Gasteiger partial charge in [0.25, 0.3) is 11.8 Å². The summed E-state index contributed by atoms with van der Waals surface area (Å²) in [7, 11) is 0. The Morgan fingerprint density at radius 3 is 2.20 bits per heavy atom. The minimum Gasteiger partial charge on any atom is -0.462 e. The Labute approximate surface area is 173 Å². The van der Waals surface area contributed by atoms with E-state index in [1.807, 2.05) is 26.0 Å². The van der Waals surface area contributed by atoms with Gasteiger partial charge in [-0.25, -0.2) is 9.59 Å². The third-order valence-electron chi connectivity index (χ3n) is 4.21. The molecule has 0 saturated heterocycles. The molecule has 0 radical (unpaired) electrons. The van der Waals surface area contributed by atoms with Gasteiger partial charge in [0, 0.05) is 0 Å². The minimum atomic E-state index is -0.979. The van der Waals surface area contributed by atoms with Crippen molar-refractivity contribution in [2.24, 2.45) is 5.73 Å². The van der Waals surface area contributed by atoms with Crippen LogP contribution in [0.3, 0.4) is 0 Å². The second-order valence-corrected chi connectivity index (χ2v) is 6.72. The Bertz CT molecular complexity index is 958. The Hall–Kier alpha value is -3.62. The van der Waals surface area contributed by atoms with Gasteiger partial charge in [-0.05, 0) is 37.5 Å². The number of ether oxygens (including phenoxy) is 2. The zero-order valence-corrected chi connectivity index (χ0v) is 17.2. The van der Waals surface area contributed by atoms with Gasteiger partial charge < -0.3 is 19.6 Å². The highest BCUT2D eigenvalue weighted by molar-refractivity contribution is 6.10. The van der Waals surface area contributed by atoms with E-state index in [1.54, 1.807) is 19.1 Å². The van der Waals surface area contributed by atoms with E-state index in [0.29, 0.717) is 11.5 Å². The monoisotopic (exact) mass is 416 g/mol. The predicted octanol–water partition coefficient (Wildman–Crippen LogP) is 2.78. The lowest BCUT2D eigenvalue weighted by Crippen LogP contribution is -2.23. The lowest BCUT2D eigenvalue weighted by atomic mass is 10.0. The molecule has 3 N–H and O–H groups in total. The number of rotatable bonds is 8. The summed E-state index contributed by atoms with van der Waals surface area (Å²) in [5.41, 5.74) is 6.21. The number of anilines is 1. The van der Waals surface area contributed by atoms with Crippen LogP contribution in [0.1, 0.15) is 69.1 Å². The van der Waals surface area contributed by atoms with Crippen LogP contribution in [-0.2, 0) is 14.3 Å². The maximum absolute atomic E-state index is 12.2. The van der Waals surface area contributed by atoms with Gasteiger partial charge in [-0.1, -0.05) is 26.0 Å². The van der Waals surface area contributed by atoms with Gasteiger partial charge in [-0.15, -0.1) is 0 Å². The molecule has 160 valence electrons. The van der Waals surface area contributed by atoms with Crippen LogP contribution in [0.4, 0.5) is 5.88 Å². The molecule has 0 saturated carbocycles. The summed E-state index contributed by atoms with van der Waals surface area (Å²) >= 11 is 0. The Morgan fingerprint density at radius 1 is 1.03 bits per heavy atom. The molecule has 2 amide bonds. The third-order valence-corrected chi connectivity index (χ3v) is 4.21. The third kappa shape index (κ3) is 5.25. The largest absolute Gasteiger partial charge is 0.462 e. The lowest BCUT2D eigenvalue weighted by Gasteiger charge is -2.08. The van der Waals surface area contributed by atoms with Gasteiger partial charge in [0.2, 0.25) is 5.88 Å². The Kier molecular flexibility index (Phi) is 7.35. The highest BCUT2D eigenvalue weighted by Gasteiger charge is 2.29. The number of primary amides is 1. The van der Waals surface area contributed by atoms with Crippen molar-refractivity contribution in [1.82, 2.24) is 0 Å². The summed E-state index contributed by atoms with van der Waals surface area (Å²) in [6.45, 7) is 6.54. The molecule has 0 aliphatic carbocycles. The minimum absolute atomic E-state index is 0.0554. The van der Waals surface area contributed by atoms with Crippen molar-refractivity contribution in [2.75, 3.05) is 18.5 Å². The smallest absolute Gasteiger partial charge is 0.342 e. The van der Waals surface area contributed by atoms with Crippen LogP contribution in [-0.4, -0.2) is 37.0 Å². The molecule has 0 aliphatic rings. The second kappa shape index (κ2) is 9.73. The van der Waals surface area contributed by atoms with E-state index >= 15 is 0 Å². The van der Waals surface area contributed by atoms with Gasteiger partial charge in [-0.2, -0.15) is 0 Å². The molecule has 30 heavy (non-hydrogen) atoms. The van der Waals surface area contributed by atoms with E-state index < -0.39 is 30.4 Å². The van der Waals surface area contributed by atoms with E-state index in [0.717, 1.165) is 5.56 Å². The van der Waals surface area contributed by atoms with Crippen molar-refractivity contribution in [2.45, 2.75) is 33.6 Å². The molecule has 9 nitrogen and oxygen atoms in total. The summed E-state index contributed by atoms with van der Waals surface area (Å²) < 4.78 is 15.2. The molecule has 0 spiro atoms. The molecule has 1 aromatic heterocycles. The zero-order chi connectivity index (χ0) is 22.4. The van der Waals surface area contributed by atoms with Crippen LogP contribution >= 0.6 is 0 Å². The van der Waals surface area contributed by atoms with E-state index in [-0.39, 0.29) is 29.4 Å². The number of aryl methyl sites for hydroxylation is 1. The first-order valence-corrected chi connectivity index (χ1v) is 9.32. The molecule has 0 atom stereocenters. The maximum atomic E-state index is 12.2. The predicted molar refractivity (Wildman–Crippen MR) is 107 cm³/mol. The lowest BCUT2D eigenvalue weighted by molar-refractivity contribution is -0.119. The second-order valence-electron chi connectivity index (χ2n) is 6.72. The fourth-order valence-electron chi connectivity index (χ4n) is 2.70. The summed E-state index contributed by atoms with van der Waals surface area (Å²) in [5, 5.41) is 2.29. The summed E-state index contributed by atoms with van der Waals surface area (Å²) in [6, 6.07) is 6.84. The highest BCUT2D eigenvalue weighted by Crippen LogP contribution is 2.27. The van der Waals surface area contributed by atoms with E-state index in [1.165, 1.54) is 6.92 Å². The molecule has 1 heterocycles. The van der Waals surface area contributed by atoms with Crippen LogP contribution in [0.15, 0.2) is 28.7 Å². The molecule has 0 unspecified atom stereocenters. The van der Waals surface area contributed by atoms with Crippen molar-refractivity contribution in [3.63, 3.8) is 0 Å². The SMILES string of the molecule is CCOC(=O)c1c(C)oc(NC(=O)COC(=O)c2ccc(C(C)C)cc2)c1C(N)=O. The van der Waals surface area contributed by atoms with E-state index in [9.17, 15) is 19.2 Å². The number of amides is 2. The number of esters is 2. The van der Waals surface area contributed by atoms with Crippen molar-refractivity contribution in [3.8, 4) is 0 Å². The van der Waals surface area contributed by atoms with Gasteiger partial charge in [0.05, 0.1) is 12.2 Å². The molecule has 2 rings (SSSR count). The summed E-state index contributed by atoms with van der Waals surface area (Å²) in [6.07, 6.45) is 0. The van der Waals surface area contributed by atoms with Gasteiger partial charge in [-0.3, -0.25) is 14.9 Å². The Morgan fingerprint density at radius 2 is 1.67 bits per heavy atom. The molecule has 0 aliphatic heterocycles. The fraction of sp³-hybridized carbons (Fsp3) is 0.333. The van der Waals surface area contributed by atoms with Crippen molar-refractivity contribution in [1.29, 1.82) is 0 Å². The zero-order valence-electron chi connectivity index (χ0n) is 17.2. The van der Waals surface area contributed by atoms with E-state index in [4.69, 9.17) is 19.6 Å². The molecule has 1 aromatic carbocycles. The average molecular weight is 416 g/mol. The maximum Gasteiger partial charge on any atom is 0.342 e.